The number of hydrogen-bond acceptors (Lipinski definition) is 2. The molecular formula is C15H20FNO2. The lowest BCUT2D eigenvalue weighted by Crippen LogP contribution is -2.42. The van der Waals surface area contributed by atoms with Crippen LogP contribution in [-0.2, 0) is 0 Å². The van der Waals surface area contributed by atoms with Gasteiger partial charge in [0.25, 0.3) is 5.91 Å². The van der Waals surface area contributed by atoms with Crippen LogP contribution < -0.4 is 0 Å². The van der Waals surface area contributed by atoms with E-state index in [1.54, 1.807) is 11.9 Å². The molecule has 2 atom stereocenters. The third-order valence-electron chi connectivity index (χ3n) is 4.07. The Hall–Kier alpha value is -1.58. The molecular weight excluding hydrogens is 245 g/mol. The van der Waals surface area contributed by atoms with E-state index in [9.17, 15) is 14.3 Å². The number of amides is 1. The van der Waals surface area contributed by atoms with Gasteiger partial charge in [-0.05, 0) is 37.0 Å². The van der Waals surface area contributed by atoms with Crippen LogP contribution in [0.25, 0.3) is 0 Å². The minimum Gasteiger partial charge on any atom is -0.507 e. The molecule has 1 aliphatic carbocycles. The van der Waals surface area contributed by atoms with Crippen LogP contribution in [0.5, 0.6) is 5.75 Å². The second-order valence-corrected chi connectivity index (χ2v) is 5.41. The third-order valence-corrected chi connectivity index (χ3v) is 4.07. The minimum atomic E-state index is -0.508. The first-order valence-electron chi connectivity index (χ1n) is 6.76. The van der Waals surface area contributed by atoms with Crippen molar-refractivity contribution in [3.05, 3.63) is 29.6 Å². The highest BCUT2D eigenvalue weighted by Crippen LogP contribution is 2.29. The molecule has 104 valence electrons. The van der Waals surface area contributed by atoms with E-state index < -0.39 is 5.82 Å². The summed E-state index contributed by atoms with van der Waals surface area (Å²) in [7, 11) is 1.74. The first kappa shape index (κ1) is 13.8. The zero-order chi connectivity index (χ0) is 14.0. The van der Waals surface area contributed by atoms with E-state index in [0.29, 0.717) is 5.92 Å². The predicted octanol–water partition coefficient (Wildman–Crippen LogP) is 3.18. The van der Waals surface area contributed by atoms with Crippen molar-refractivity contribution in [1.82, 2.24) is 4.90 Å². The number of phenols is 1. The lowest BCUT2D eigenvalue weighted by molar-refractivity contribution is 0.0625. The maximum Gasteiger partial charge on any atom is 0.257 e. The Labute approximate surface area is 113 Å². The molecule has 1 fully saturated rings. The molecule has 0 radical (unpaired) electrons. The molecule has 1 aromatic carbocycles. The Morgan fingerprint density at radius 3 is 2.74 bits per heavy atom. The van der Waals surface area contributed by atoms with Gasteiger partial charge in [0.2, 0.25) is 0 Å². The Kier molecular flexibility index (Phi) is 4.08. The second-order valence-electron chi connectivity index (χ2n) is 5.41. The summed E-state index contributed by atoms with van der Waals surface area (Å²) < 4.78 is 13.2. The van der Waals surface area contributed by atoms with Crippen LogP contribution in [-0.4, -0.2) is 29.0 Å². The highest BCUT2D eigenvalue weighted by Gasteiger charge is 2.29. The van der Waals surface area contributed by atoms with Crippen LogP contribution in [0.2, 0.25) is 0 Å². The fourth-order valence-corrected chi connectivity index (χ4v) is 2.89. The van der Waals surface area contributed by atoms with Gasteiger partial charge in [0.05, 0.1) is 5.56 Å². The normalized spacial score (nSPS) is 23.1. The van der Waals surface area contributed by atoms with Crippen molar-refractivity contribution in [2.45, 2.75) is 38.6 Å². The van der Waals surface area contributed by atoms with Crippen molar-refractivity contribution in [1.29, 1.82) is 0 Å². The molecule has 4 heteroatoms. The van der Waals surface area contributed by atoms with Crippen LogP contribution in [0.1, 0.15) is 43.0 Å². The number of carbonyl (C=O) groups is 1. The molecule has 0 spiro atoms. The molecule has 2 unspecified atom stereocenters. The molecule has 1 N–H and O–H groups in total. The van der Waals surface area contributed by atoms with E-state index >= 15 is 0 Å². The van der Waals surface area contributed by atoms with E-state index in [-0.39, 0.29) is 23.3 Å². The predicted molar refractivity (Wildman–Crippen MR) is 71.6 cm³/mol. The van der Waals surface area contributed by atoms with Gasteiger partial charge in [-0.25, -0.2) is 4.39 Å². The molecule has 2 rings (SSSR count). The smallest absolute Gasteiger partial charge is 0.257 e. The fraction of sp³-hybridized carbons (Fsp3) is 0.533. The Morgan fingerprint density at radius 2 is 2.05 bits per heavy atom. The van der Waals surface area contributed by atoms with Crippen molar-refractivity contribution >= 4 is 5.91 Å². The first-order valence-corrected chi connectivity index (χ1v) is 6.76. The van der Waals surface area contributed by atoms with Crippen molar-refractivity contribution in [3.63, 3.8) is 0 Å². The van der Waals surface area contributed by atoms with Crippen molar-refractivity contribution in [2.24, 2.45) is 5.92 Å². The van der Waals surface area contributed by atoms with Crippen molar-refractivity contribution < 1.29 is 14.3 Å². The van der Waals surface area contributed by atoms with Gasteiger partial charge in [0.1, 0.15) is 11.6 Å². The van der Waals surface area contributed by atoms with E-state index in [1.165, 1.54) is 12.5 Å². The van der Waals surface area contributed by atoms with Gasteiger partial charge in [0, 0.05) is 13.1 Å². The molecule has 1 aliphatic rings. The molecule has 0 saturated heterocycles. The lowest BCUT2D eigenvalue weighted by Gasteiger charge is -2.36. The SMILES string of the molecule is CC1CCCCC1N(C)C(=O)c1cc(F)ccc1O. The van der Waals surface area contributed by atoms with Crippen LogP contribution >= 0.6 is 0 Å². The molecule has 0 heterocycles. The van der Waals surface area contributed by atoms with Crippen molar-refractivity contribution in [3.8, 4) is 5.75 Å². The van der Waals surface area contributed by atoms with Gasteiger partial charge < -0.3 is 10.0 Å². The average Bonchev–Trinajstić information content (AvgIpc) is 2.40. The fourth-order valence-electron chi connectivity index (χ4n) is 2.89. The van der Waals surface area contributed by atoms with Gasteiger partial charge in [-0.2, -0.15) is 0 Å². The third kappa shape index (κ3) is 2.88. The lowest BCUT2D eigenvalue weighted by atomic mass is 9.85. The number of halogens is 1. The summed E-state index contributed by atoms with van der Waals surface area (Å²) in [6, 6.07) is 3.64. The summed E-state index contributed by atoms with van der Waals surface area (Å²) in [5, 5.41) is 9.70. The number of phenolic OH excluding ortho intramolecular Hbond substituents is 1. The zero-order valence-electron chi connectivity index (χ0n) is 11.4. The number of rotatable bonds is 2. The van der Waals surface area contributed by atoms with Crippen molar-refractivity contribution in [2.75, 3.05) is 7.05 Å². The Bertz CT molecular complexity index is 475. The standard InChI is InChI=1S/C15H20FNO2/c1-10-5-3-4-6-13(10)17(2)15(19)12-9-11(16)7-8-14(12)18/h7-10,13,18H,3-6H2,1-2H3. The van der Waals surface area contributed by atoms with Gasteiger partial charge in [-0.15, -0.1) is 0 Å². The monoisotopic (exact) mass is 265 g/mol. The summed E-state index contributed by atoms with van der Waals surface area (Å²) in [6.45, 7) is 2.14. The zero-order valence-corrected chi connectivity index (χ0v) is 11.4. The maximum atomic E-state index is 13.2. The summed E-state index contributed by atoms with van der Waals surface area (Å²) in [5.41, 5.74) is 0.0419. The highest BCUT2D eigenvalue weighted by atomic mass is 19.1. The Balaban J connectivity index is 2.20. The van der Waals surface area contributed by atoms with E-state index in [4.69, 9.17) is 0 Å². The molecule has 19 heavy (non-hydrogen) atoms. The van der Waals surface area contributed by atoms with E-state index in [2.05, 4.69) is 6.92 Å². The summed E-state index contributed by atoms with van der Waals surface area (Å²) in [4.78, 5) is 14.0. The summed E-state index contributed by atoms with van der Waals surface area (Å²) in [6.07, 6.45) is 4.39. The molecule has 1 aromatic rings. The molecule has 1 amide bonds. The number of hydrogen-bond donors (Lipinski definition) is 1. The molecule has 3 nitrogen and oxygen atoms in total. The minimum absolute atomic E-state index is 0.0419. The van der Waals surface area contributed by atoms with Gasteiger partial charge in [-0.3, -0.25) is 4.79 Å². The number of benzene rings is 1. The number of carbonyl (C=O) groups excluding carboxylic acids is 1. The highest BCUT2D eigenvalue weighted by molar-refractivity contribution is 5.96. The molecule has 1 saturated carbocycles. The Morgan fingerprint density at radius 1 is 1.37 bits per heavy atom. The van der Waals surface area contributed by atoms with Crippen LogP contribution in [0.4, 0.5) is 4.39 Å². The van der Waals surface area contributed by atoms with Gasteiger partial charge in [0.15, 0.2) is 0 Å². The first-order chi connectivity index (χ1) is 9.00. The quantitative estimate of drug-likeness (QED) is 0.892. The maximum absolute atomic E-state index is 13.2. The molecule has 0 aromatic heterocycles. The van der Waals surface area contributed by atoms with Gasteiger partial charge in [-0.1, -0.05) is 19.8 Å². The number of aromatic hydroxyl groups is 1. The summed E-state index contributed by atoms with van der Waals surface area (Å²) in [5.74, 6) is -0.540. The number of nitrogens with zero attached hydrogens (tertiary/aromatic N) is 1. The average molecular weight is 265 g/mol. The van der Waals surface area contributed by atoms with Crippen LogP contribution in [0, 0.1) is 11.7 Å². The van der Waals surface area contributed by atoms with Crippen LogP contribution in [0.15, 0.2) is 18.2 Å². The van der Waals surface area contributed by atoms with E-state index in [0.717, 1.165) is 31.4 Å². The van der Waals surface area contributed by atoms with Crippen LogP contribution in [0.3, 0.4) is 0 Å². The molecule has 0 aliphatic heterocycles. The largest absolute Gasteiger partial charge is 0.507 e. The van der Waals surface area contributed by atoms with E-state index in [1.807, 2.05) is 0 Å². The second kappa shape index (κ2) is 5.59. The topological polar surface area (TPSA) is 40.5 Å². The molecule has 0 bridgehead atoms. The van der Waals surface area contributed by atoms with Gasteiger partial charge >= 0.3 is 0 Å². The summed E-state index contributed by atoms with van der Waals surface area (Å²) >= 11 is 0.